The van der Waals surface area contributed by atoms with Gasteiger partial charge in [0.1, 0.15) is 0 Å². The van der Waals surface area contributed by atoms with Crippen LogP contribution in [0.4, 0.5) is 0 Å². The third-order valence-electron chi connectivity index (χ3n) is 12.0. The zero-order chi connectivity index (χ0) is 37.6. The Morgan fingerprint density at radius 2 is 1.50 bits per heavy atom. The molecule has 0 aliphatic heterocycles. The molecule has 4 aliphatic rings. The number of thiophene rings is 1. The molecule has 4 aliphatic carbocycles. The number of nitrogens with two attached hydrogens (primary N) is 1. The van der Waals surface area contributed by atoms with Gasteiger partial charge in [0.25, 0.3) is 0 Å². The van der Waals surface area contributed by atoms with E-state index in [0.29, 0.717) is 17.7 Å². The Balaban J connectivity index is 0.980. The first-order chi connectivity index (χ1) is 27.6. The van der Waals surface area contributed by atoms with Gasteiger partial charge < -0.3 is 5.84 Å². The number of hydrogen-bond acceptors (Lipinski definition) is 3. The summed E-state index contributed by atoms with van der Waals surface area (Å²) in [6.45, 7) is 2.31. The highest BCUT2D eigenvalue weighted by Gasteiger charge is 2.32. The molecule has 56 heavy (non-hydrogen) atoms. The predicted octanol–water partition coefficient (Wildman–Crippen LogP) is 13.3. The van der Waals surface area contributed by atoms with E-state index in [1.807, 2.05) is 11.3 Å². The minimum Gasteiger partial charge on any atom is -0.321 e. The van der Waals surface area contributed by atoms with E-state index in [1.54, 1.807) is 5.57 Å². The molecule has 3 atom stereocenters. The number of fused-ring (bicyclic) bond motifs is 5. The SMILES string of the molecule is CC1C=CC2=C(CC3=CC(C(=N/N)/N=C(/c4ccc(-c5ccc6c(c5)sc5cccc(-c7ccccc7)c56)cc4)C4C=CC(c5ccccc5)=CC4)=CCC32)C1. The first-order valence-corrected chi connectivity index (χ1v) is 20.6. The van der Waals surface area contributed by atoms with Gasteiger partial charge in [-0.05, 0) is 88.3 Å². The maximum absolute atomic E-state index is 6.21. The lowest BCUT2D eigenvalue weighted by Gasteiger charge is -2.22. The van der Waals surface area contributed by atoms with E-state index < -0.39 is 0 Å². The average molecular weight is 742 g/mol. The Labute approximate surface area is 333 Å². The summed E-state index contributed by atoms with van der Waals surface area (Å²) in [5, 5.41) is 6.97. The minimum atomic E-state index is 0.0791. The Morgan fingerprint density at radius 3 is 2.27 bits per heavy atom. The Kier molecular flexibility index (Phi) is 8.92. The number of nitrogens with zero attached hydrogens (tertiary/aromatic N) is 2. The van der Waals surface area contributed by atoms with Crippen molar-refractivity contribution in [2.45, 2.75) is 32.6 Å². The molecule has 1 aromatic heterocycles. The van der Waals surface area contributed by atoms with E-state index in [0.717, 1.165) is 42.5 Å². The maximum Gasteiger partial charge on any atom is 0.178 e. The molecular formula is C52H43N3S. The summed E-state index contributed by atoms with van der Waals surface area (Å²) in [6.07, 6.45) is 20.2. The van der Waals surface area contributed by atoms with Crippen molar-refractivity contribution in [2.24, 2.45) is 33.7 Å². The summed E-state index contributed by atoms with van der Waals surface area (Å²) in [5.41, 5.74) is 15.1. The molecule has 2 N–H and O–H groups in total. The van der Waals surface area contributed by atoms with Gasteiger partial charge in [0.05, 0.1) is 5.71 Å². The van der Waals surface area contributed by atoms with Crippen molar-refractivity contribution in [3.05, 3.63) is 197 Å². The van der Waals surface area contributed by atoms with Crippen LogP contribution < -0.4 is 5.84 Å². The molecule has 0 amide bonds. The van der Waals surface area contributed by atoms with Crippen LogP contribution in [0.1, 0.15) is 43.7 Å². The molecule has 0 radical (unpaired) electrons. The van der Waals surface area contributed by atoms with Gasteiger partial charge in [-0.15, -0.1) is 11.3 Å². The van der Waals surface area contributed by atoms with Crippen molar-refractivity contribution in [1.82, 2.24) is 0 Å². The number of allylic oxidation sites excluding steroid dienone is 10. The molecule has 3 nitrogen and oxygen atoms in total. The molecule has 3 unspecified atom stereocenters. The van der Waals surface area contributed by atoms with Gasteiger partial charge >= 0.3 is 0 Å². The highest BCUT2D eigenvalue weighted by atomic mass is 32.1. The van der Waals surface area contributed by atoms with Gasteiger partial charge in [-0.2, -0.15) is 5.10 Å². The molecule has 0 saturated carbocycles. The third kappa shape index (κ3) is 6.34. The normalized spacial score (nSPS) is 20.9. The molecule has 0 bridgehead atoms. The van der Waals surface area contributed by atoms with Crippen molar-refractivity contribution in [3.63, 3.8) is 0 Å². The van der Waals surface area contributed by atoms with Crippen molar-refractivity contribution in [2.75, 3.05) is 0 Å². The lowest BCUT2D eigenvalue weighted by molar-refractivity contribution is 0.690. The van der Waals surface area contributed by atoms with Gasteiger partial charge in [0.15, 0.2) is 5.84 Å². The van der Waals surface area contributed by atoms with Crippen molar-refractivity contribution < 1.29 is 0 Å². The quantitative estimate of drug-likeness (QED) is 0.0786. The number of rotatable bonds is 6. The fraction of sp³-hybridized carbons (Fsp3) is 0.154. The Hall–Kier alpha value is -6.10. The fourth-order valence-corrected chi connectivity index (χ4v) is 10.3. The molecule has 1 heterocycles. The third-order valence-corrected chi connectivity index (χ3v) is 13.1. The van der Waals surface area contributed by atoms with E-state index in [2.05, 4.69) is 176 Å². The number of benzene rings is 5. The summed E-state index contributed by atoms with van der Waals surface area (Å²) in [7, 11) is 0. The summed E-state index contributed by atoms with van der Waals surface area (Å²) in [4.78, 5) is 5.35. The van der Waals surface area contributed by atoms with Crippen molar-refractivity contribution >= 4 is 48.6 Å². The van der Waals surface area contributed by atoms with Crippen LogP contribution in [-0.4, -0.2) is 11.5 Å². The molecule has 5 aromatic carbocycles. The van der Waals surface area contributed by atoms with Crippen LogP contribution in [0.5, 0.6) is 0 Å². The lowest BCUT2D eigenvalue weighted by atomic mass is 9.84. The second-order valence-corrected chi connectivity index (χ2v) is 16.6. The van der Waals surface area contributed by atoms with Gasteiger partial charge in [-0.1, -0.05) is 170 Å². The summed E-state index contributed by atoms with van der Waals surface area (Å²) in [5.74, 6) is 7.95. The standard InChI is InChI=1S/C52H43N3S/c1-33-15-26-44-42(29-33)31-43-30-41(25-27-45(43)44)52(55-53)54-51(38-20-16-35(17-21-38)34-9-4-2-5-10-34)39-22-18-36(19-23-39)40-24-28-47-49(32-40)56-48-14-8-13-46(50(47)48)37-11-6-3-7-12-37/h2-20,22-26,28,30,32-33,38,45H,21,27,29,31,53H2,1H3/b54-51+,55-52-. The van der Waals surface area contributed by atoms with Crippen LogP contribution in [0.25, 0.3) is 48.0 Å². The van der Waals surface area contributed by atoms with Crippen LogP contribution in [0.3, 0.4) is 0 Å². The minimum absolute atomic E-state index is 0.0791. The van der Waals surface area contributed by atoms with Gasteiger partial charge in [0.2, 0.25) is 0 Å². The van der Waals surface area contributed by atoms with E-state index in [1.165, 1.54) is 64.7 Å². The number of hydrogen-bond donors (Lipinski definition) is 1. The molecule has 6 aromatic rings. The van der Waals surface area contributed by atoms with Crippen LogP contribution >= 0.6 is 11.3 Å². The number of aliphatic imine (C=N–C) groups is 1. The zero-order valence-electron chi connectivity index (χ0n) is 31.5. The molecule has 0 saturated heterocycles. The van der Waals surface area contributed by atoms with E-state index in [-0.39, 0.29) is 5.92 Å². The van der Waals surface area contributed by atoms with Crippen LogP contribution in [0.15, 0.2) is 196 Å². The smallest absolute Gasteiger partial charge is 0.178 e. The molecular weight excluding hydrogens is 699 g/mol. The zero-order valence-corrected chi connectivity index (χ0v) is 32.3. The second-order valence-electron chi connectivity index (χ2n) is 15.6. The topological polar surface area (TPSA) is 50.7 Å². The largest absolute Gasteiger partial charge is 0.321 e. The molecule has 0 fully saturated rings. The van der Waals surface area contributed by atoms with E-state index in [4.69, 9.17) is 10.8 Å². The summed E-state index contributed by atoms with van der Waals surface area (Å²) >= 11 is 1.87. The highest BCUT2D eigenvalue weighted by Crippen LogP contribution is 2.47. The number of hydrazone groups is 1. The van der Waals surface area contributed by atoms with Crippen molar-refractivity contribution in [3.8, 4) is 22.3 Å². The van der Waals surface area contributed by atoms with Crippen LogP contribution in [0.2, 0.25) is 0 Å². The van der Waals surface area contributed by atoms with Gasteiger partial charge in [0, 0.05) is 37.6 Å². The molecule has 4 heteroatoms. The second kappa shape index (κ2) is 14.5. The van der Waals surface area contributed by atoms with E-state index >= 15 is 0 Å². The summed E-state index contributed by atoms with van der Waals surface area (Å²) in [6, 6.07) is 43.8. The van der Waals surface area contributed by atoms with Crippen molar-refractivity contribution in [1.29, 1.82) is 0 Å². The first kappa shape index (κ1) is 34.4. The monoisotopic (exact) mass is 741 g/mol. The molecule has 10 rings (SSSR count). The maximum atomic E-state index is 6.21. The van der Waals surface area contributed by atoms with E-state index in [9.17, 15) is 0 Å². The molecule has 0 spiro atoms. The summed E-state index contributed by atoms with van der Waals surface area (Å²) < 4.78 is 2.61. The molecule has 272 valence electrons. The van der Waals surface area contributed by atoms with Crippen LogP contribution in [0, 0.1) is 17.8 Å². The fourth-order valence-electron chi connectivity index (χ4n) is 9.16. The van der Waals surface area contributed by atoms with Gasteiger partial charge in [-0.25, -0.2) is 4.99 Å². The van der Waals surface area contributed by atoms with Crippen LogP contribution in [-0.2, 0) is 0 Å². The average Bonchev–Trinajstić information content (AvgIpc) is 3.82. The van der Waals surface area contributed by atoms with Gasteiger partial charge in [-0.3, -0.25) is 0 Å². The number of amidine groups is 1. The Bertz CT molecular complexity index is 2750. The highest BCUT2D eigenvalue weighted by molar-refractivity contribution is 7.26. The Morgan fingerprint density at radius 1 is 0.714 bits per heavy atom. The first-order valence-electron chi connectivity index (χ1n) is 19.8. The predicted molar refractivity (Wildman–Crippen MR) is 239 cm³/mol. The lowest BCUT2D eigenvalue weighted by Crippen LogP contribution is -2.19.